The molecule has 5 nitrogen and oxygen atoms in total. The molecule has 6 heteroatoms. The third-order valence-electron chi connectivity index (χ3n) is 4.33. The number of hydrogen-bond acceptors (Lipinski definition) is 6. The van der Waals surface area contributed by atoms with E-state index in [-0.39, 0.29) is 0 Å². The van der Waals surface area contributed by atoms with E-state index in [1.54, 1.807) is 17.7 Å². The maximum absolute atomic E-state index is 8.83. The van der Waals surface area contributed by atoms with Gasteiger partial charge in [-0.2, -0.15) is 5.26 Å². The average molecular weight is 335 g/mol. The van der Waals surface area contributed by atoms with Gasteiger partial charge in [-0.25, -0.2) is 9.97 Å². The standard InChI is InChI=1S/C18H17N5S/c19-6-7-22-8-10-23(11-9-22)17-15-12-16(14-4-2-1-3-5-14)24-18(15)21-13-20-17/h1-5,12-13H,7-11H2. The Bertz CT molecular complexity index is 875. The number of nitrogens with zero attached hydrogens (tertiary/aromatic N) is 5. The Labute approximate surface area is 144 Å². The molecule has 24 heavy (non-hydrogen) atoms. The molecule has 0 N–H and O–H groups in total. The molecule has 120 valence electrons. The Balaban J connectivity index is 1.65. The summed E-state index contributed by atoms with van der Waals surface area (Å²) in [7, 11) is 0. The van der Waals surface area contributed by atoms with Crippen molar-refractivity contribution < 1.29 is 0 Å². The lowest BCUT2D eigenvalue weighted by Crippen LogP contribution is -2.46. The Morgan fingerprint density at radius 2 is 1.88 bits per heavy atom. The highest BCUT2D eigenvalue weighted by molar-refractivity contribution is 7.21. The van der Waals surface area contributed by atoms with Gasteiger partial charge >= 0.3 is 0 Å². The first-order valence-electron chi connectivity index (χ1n) is 7.99. The molecule has 0 aliphatic carbocycles. The summed E-state index contributed by atoms with van der Waals surface area (Å²) >= 11 is 1.71. The molecule has 0 unspecified atom stereocenters. The number of rotatable bonds is 3. The third kappa shape index (κ3) is 2.84. The van der Waals surface area contributed by atoms with E-state index in [0.29, 0.717) is 6.54 Å². The topological polar surface area (TPSA) is 56.1 Å². The number of thiophene rings is 1. The number of hydrogen-bond donors (Lipinski definition) is 0. The molecular weight excluding hydrogens is 318 g/mol. The number of piperazine rings is 1. The predicted molar refractivity (Wildman–Crippen MR) is 97.1 cm³/mol. The zero-order valence-corrected chi connectivity index (χ0v) is 14.0. The van der Waals surface area contributed by atoms with E-state index in [1.807, 2.05) is 6.07 Å². The Morgan fingerprint density at radius 1 is 1.08 bits per heavy atom. The van der Waals surface area contributed by atoms with Crippen LogP contribution >= 0.6 is 11.3 Å². The minimum Gasteiger partial charge on any atom is -0.353 e. The maximum atomic E-state index is 8.83. The van der Waals surface area contributed by atoms with Crippen molar-refractivity contribution in [2.24, 2.45) is 0 Å². The summed E-state index contributed by atoms with van der Waals surface area (Å²) in [6, 6.07) is 14.8. The molecule has 0 saturated carbocycles. The molecule has 2 aromatic heterocycles. The van der Waals surface area contributed by atoms with E-state index in [4.69, 9.17) is 5.26 Å². The van der Waals surface area contributed by atoms with Gasteiger partial charge in [0, 0.05) is 31.1 Å². The third-order valence-corrected chi connectivity index (χ3v) is 5.42. The summed E-state index contributed by atoms with van der Waals surface area (Å²) in [5, 5.41) is 9.95. The summed E-state index contributed by atoms with van der Waals surface area (Å²) in [6.45, 7) is 4.09. The molecule has 1 fully saturated rings. The fourth-order valence-corrected chi connectivity index (χ4v) is 4.06. The van der Waals surface area contributed by atoms with Gasteiger partial charge in [0.05, 0.1) is 18.0 Å². The van der Waals surface area contributed by atoms with Crippen molar-refractivity contribution in [3.8, 4) is 16.5 Å². The number of anilines is 1. The van der Waals surface area contributed by atoms with E-state index in [9.17, 15) is 0 Å². The van der Waals surface area contributed by atoms with E-state index in [1.165, 1.54) is 10.4 Å². The second-order valence-corrected chi connectivity index (χ2v) is 6.84. The molecule has 0 bridgehead atoms. The van der Waals surface area contributed by atoms with Crippen molar-refractivity contribution in [3.05, 3.63) is 42.7 Å². The summed E-state index contributed by atoms with van der Waals surface area (Å²) in [5.74, 6) is 1.01. The molecular formula is C18H17N5S. The van der Waals surface area contributed by atoms with Crippen molar-refractivity contribution >= 4 is 27.4 Å². The van der Waals surface area contributed by atoms with Crippen LogP contribution < -0.4 is 4.90 Å². The Hall–Kier alpha value is -2.49. The number of fused-ring (bicyclic) bond motifs is 1. The van der Waals surface area contributed by atoms with Gasteiger partial charge < -0.3 is 4.90 Å². The fourth-order valence-electron chi connectivity index (χ4n) is 3.06. The predicted octanol–water partition coefficient (Wildman–Crippen LogP) is 3.00. The summed E-state index contributed by atoms with van der Waals surface area (Å²) in [6.07, 6.45) is 1.66. The molecule has 3 heterocycles. The van der Waals surface area contributed by atoms with Crippen molar-refractivity contribution in [1.29, 1.82) is 5.26 Å². The first-order valence-corrected chi connectivity index (χ1v) is 8.81. The summed E-state index contributed by atoms with van der Waals surface area (Å²) < 4.78 is 0. The lowest BCUT2D eigenvalue weighted by Gasteiger charge is -2.34. The molecule has 1 aliphatic rings. The van der Waals surface area contributed by atoms with Crippen LogP contribution in [0.1, 0.15) is 0 Å². The number of nitriles is 1. The molecule has 3 aromatic rings. The first kappa shape index (κ1) is 15.1. The molecule has 0 spiro atoms. The van der Waals surface area contributed by atoms with Gasteiger partial charge in [-0.15, -0.1) is 11.3 Å². The van der Waals surface area contributed by atoms with Gasteiger partial charge in [0.15, 0.2) is 0 Å². The smallest absolute Gasteiger partial charge is 0.140 e. The van der Waals surface area contributed by atoms with Crippen molar-refractivity contribution in [1.82, 2.24) is 14.9 Å². The highest BCUT2D eigenvalue weighted by atomic mass is 32.1. The second-order valence-electron chi connectivity index (χ2n) is 5.81. The molecule has 1 aromatic carbocycles. The van der Waals surface area contributed by atoms with E-state index < -0.39 is 0 Å². The van der Waals surface area contributed by atoms with Crippen LogP contribution in [-0.4, -0.2) is 47.6 Å². The minimum atomic E-state index is 0.504. The lowest BCUT2D eigenvalue weighted by atomic mass is 10.2. The molecule has 1 saturated heterocycles. The highest BCUT2D eigenvalue weighted by Gasteiger charge is 2.20. The molecule has 0 atom stereocenters. The molecule has 0 amide bonds. The molecule has 0 radical (unpaired) electrons. The normalized spacial score (nSPS) is 15.5. The van der Waals surface area contributed by atoms with Gasteiger partial charge in [-0.05, 0) is 11.6 Å². The van der Waals surface area contributed by atoms with Gasteiger partial charge in [0.2, 0.25) is 0 Å². The number of benzene rings is 1. The largest absolute Gasteiger partial charge is 0.353 e. The van der Waals surface area contributed by atoms with Crippen LogP contribution in [0.25, 0.3) is 20.7 Å². The van der Waals surface area contributed by atoms with E-state index in [2.05, 4.69) is 56.2 Å². The van der Waals surface area contributed by atoms with Crippen LogP contribution in [0.3, 0.4) is 0 Å². The SMILES string of the molecule is N#CCN1CCN(c2ncnc3sc(-c4ccccc4)cc23)CC1. The Morgan fingerprint density at radius 3 is 2.62 bits per heavy atom. The van der Waals surface area contributed by atoms with E-state index in [0.717, 1.165) is 42.2 Å². The van der Waals surface area contributed by atoms with Crippen LogP contribution in [0.5, 0.6) is 0 Å². The van der Waals surface area contributed by atoms with Gasteiger partial charge in [0.1, 0.15) is 17.0 Å². The van der Waals surface area contributed by atoms with Crippen molar-refractivity contribution in [2.75, 3.05) is 37.6 Å². The molecule has 4 rings (SSSR count). The second kappa shape index (κ2) is 6.56. The molecule has 1 aliphatic heterocycles. The monoisotopic (exact) mass is 335 g/mol. The minimum absolute atomic E-state index is 0.504. The van der Waals surface area contributed by atoms with Crippen LogP contribution in [0.2, 0.25) is 0 Å². The quantitative estimate of drug-likeness (QED) is 0.689. The Kier molecular flexibility index (Phi) is 4.11. The maximum Gasteiger partial charge on any atom is 0.140 e. The van der Waals surface area contributed by atoms with Gasteiger partial charge in [-0.3, -0.25) is 4.90 Å². The van der Waals surface area contributed by atoms with E-state index >= 15 is 0 Å². The average Bonchev–Trinajstić information content (AvgIpc) is 3.08. The highest BCUT2D eigenvalue weighted by Crippen LogP contribution is 2.36. The zero-order valence-electron chi connectivity index (χ0n) is 13.2. The summed E-state index contributed by atoms with van der Waals surface area (Å²) in [5.41, 5.74) is 1.21. The summed E-state index contributed by atoms with van der Waals surface area (Å²) in [4.78, 5) is 15.7. The van der Waals surface area contributed by atoms with Gasteiger partial charge in [-0.1, -0.05) is 30.3 Å². The lowest BCUT2D eigenvalue weighted by molar-refractivity contribution is 0.286. The first-order chi connectivity index (χ1) is 11.8. The van der Waals surface area contributed by atoms with Crippen LogP contribution in [0, 0.1) is 11.3 Å². The van der Waals surface area contributed by atoms with Crippen LogP contribution in [0.15, 0.2) is 42.7 Å². The van der Waals surface area contributed by atoms with Crippen LogP contribution in [-0.2, 0) is 0 Å². The van der Waals surface area contributed by atoms with Crippen LogP contribution in [0.4, 0.5) is 5.82 Å². The fraction of sp³-hybridized carbons (Fsp3) is 0.278. The van der Waals surface area contributed by atoms with Crippen molar-refractivity contribution in [3.63, 3.8) is 0 Å². The van der Waals surface area contributed by atoms with Crippen molar-refractivity contribution in [2.45, 2.75) is 0 Å². The number of aromatic nitrogens is 2. The zero-order chi connectivity index (χ0) is 16.4. The van der Waals surface area contributed by atoms with Gasteiger partial charge in [0.25, 0.3) is 0 Å².